The van der Waals surface area contributed by atoms with Crippen LogP contribution >= 0.6 is 15.9 Å². The summed E-state index contributed by atoms with van der Waals surface area (Å²) in [4.78, 5) is 11.3. The first-order valence-corrected chi connectivity index (χ1v) is 8.65. The number of alkyl halides is 1. The standard InChI is InChI=1S/C15H29BrO2/c1-2-3-9-12-15(17)18-14-11-8-6-4-5-7-10-13-16/h2-14H2,1H3. The third-order valence-corrected chi connectivity index (χ3v) is 3.59. The summed E-state index contributed by atoms with van der Waals surface area (Å²) >= 11 is 3.44. The van der Waals surface area contributed by atoms with Crippen LogP contribution in [0, 0.1) is 0 Å². The van der Waals surface area contributed by atoms with Crippen molar-refractivity contribution in [2.24, 2.45) is 0 Å². The number of hydrogen-bond donors (Lipinski definition) is 0. The molecule has 0 aromatic carbocycles. The van der Waals surface area contributed by atoms with Crippen molar-refractivity contribution in [2.75, 3.05) is 11.9 Å². The molecular weight excluding hydrogens is 292 g/mol. The molecule has 0 aromatic rings. The van der Waals surface area contributed by atoms with Gasteiger partial charge in [-0.05, 0) is 19.3 Å². The first kappa shape index (κ1) is 17.9. The highest BCUT2D eigenvalue weighted by molar-refractivity contribution is 9.09. The Balaban J connectivity index is 3.08. The molecule has 0 saturated carbocycles. The number of rotatable bonds is 13. The van der Waals surface area contributed by atoms with Gasteiger partial charge in [-0.2, -0.15) is 0 Å². The zero-order chi connectivity index (χ0) is 13.5. The Morgan fingerprint density at radius 1 is 0.889 bits per heavy atom. The van der Waals surface area contributed by atoms with Gasteiger partial charge in [0.15, 0.2) is 0 Å². The smallest absolute Gasteiger partial charge is 0.305 e. The van der Waals surface area contributed by atoms with Gasteiger partial charge in [-0.1, -0.05) is 67.8 Å². The molecule has 3 heteroatoms. The van der Waals surface area contributed by atoms with Crippen LogP contribution in [0.1, 0.15) is 77.6 Å². The number of ether oxygens (including phenoxy) is 1. The van der Waals surface area contributed by atoms with Gasteiger partial charge in [0.05, 0.1) is 6.61 Å². The molecule has 0 bridgehead atoms. The Labute approximate surface area is 121 Å². The molecule has 0 aromatic heterocycles. The number of unbranched alkanes of at least 4 members (excludes halogenated alkanes) is 8. The second-order valence-corrected chi connectivity index (χ2v) is 5.63. The largest absolute Gasteiger partial charge is 0.466 e. The maximum atomic E-state index is 11.3. The van der Waals surface area contributed by atoms with E-state index in [-0.39, 0.29) is 5.97 Å². The highest BCUT2D eigenvalue weighted by Crippen LogP contribution is 2.08. The Morgan fingerprint density at radius 2 is 1.50 bits per heavy atom. The molecule has 0 fully saturated rings. The predicted molar refractivity (Wildman–Crippen MR) is 81.2 cm³/mol. The second-order valence-electron chi connectivity index (χ2n) is 4.84. The lowest BCUT2D eigenvalue weighted by molar-refractivity contribution is -0.143. The van der Waals surface area contributed by atoms with E-state index in [1.54, 1.807) is 0 Å². The summed E-state index contributed by atoms with van der Waals surface area (Å²) in [6.45, 7) is 2.76. The van der Waals surface area contributed by atoms with Crippen molar-refractivity contribution >= 4 is 21.9 Å². The summed E-state index contributed by atoms with van der Waals surface area (Å²) in [6, 6.07) is 0. The zero-order valence-corrected chi connectivity index (χ0v) is 13.5. The first-order chi connectivity index (χ1) is 8.81. The zero-order valence-electron chi connectivity index (χ0n) is 11.9. The van der Waals surface area contributed by atoms with Crippen LogP contribution in [0.25, 0.3) is 0 Å². The number of carbonyl (C=O) groups excluding carboxylic acids is 1. The summed E-state index contributed by atoms with van der Waals surface area (Å²) in [5, 5.41) is 1.13. The van der Waals surface area contributed by atoms with Crippen molar-refractivity contribution in [3.8, 4) is 0 Å². The second kappa shape index (κ2) is 15.0. The van der Waals surface area contributed by atoms with E-state index in [9.17, 15) is 4.79 Å². The number of esters is 1. The maximum Gasteiger partial charge on any atom is 0.305 e. The van der Waals surface area contributed by atoms with Crippen molar-refractivity contribution in [3.05, 3.63) is 0 Å². The average Bonchev–Trinajstić information content (AvgIpc) is 2.37. The van der Waals surface area contributed by atoms with E-state index in [4.69, 9.17) is 4.74 Å². The summed E-state index contributed by atoms with van der Waals surface area (Å²) in [7, 11) is 0. The van der Waals surface area contributed by atoms with Crippen LogP contribution in [-0.2, 0) is 9.53 Å². The monoisotopic (exact) mass is 320 g/mol. The molecule has 0 atom stereocenters. The molecule has 0 heterocycles. The fraction of sp³-hybridized carbons (Fsp3) is 0.933. The van der Waals surface area contributed by atoms with Gasteiger partial charge < -0.3 is 4.74 Å². The van der Waals surface area contributed by atoms with Crippen LogP contribution in [0.3, 0.4) is 0 Å². The minimum atomic E-state index is -0.0132. The molecule has 0 aliphatic rings. The van der Waals surface area contributed by atoms with Crippen LogP contribution in [0.15, 0.2) is 0 Å². The lowest BCUT2D eigenvalue weighted by Crippen LogP contribution is -2.05. The molecule has 0 rings (SSSR count). The normalized spacial score (nSPS) is 10.6. The third kappa shape index (κ3) is 14.0. The first-order valence-electron chi connectivity index (χ1n) is 7.52. The van der Waals surface area contributed by atoms with Crippen LogP contribution in [0.5, 0.6) is 0 Å². The fourth-order valence-electron chi connectivity index (χ4n) is 1.86. The summed E-state index contributed by atoms with van der Waals surface area (Å²) in [5.41, 5.74) is 0. The molecule has 0 saturated heterocycles. The van der Waals surface area contributed by atoms with Crippen molar-refractivity contribution in [1.29, 1.82) is 0 Å². The Hall–Kier alpha value is -0.0500. The molecule has 0 aliphatic carbocycles. The van der Waals surface area contributed by atoms with Crippen LogP contribution in [0.4, 0.5) is 0 Å². The van der Waals surface area contributed by atoms with Gasteiger partial charge in [-0.15, -0.1) is 0 Å². The highest BCUT2D eigenvalue weighted by atomic mass is 79.9. The van der Waals surface area contributed by atoms with E-state index < -0.39 is 0 Å². The lowest BCUT2D eigenvalue weighted by atomic mass is 10.1. The van der Waals surface area contributed by atoms with Crippen molar-refractivity contribution in [2.45, 2.75) is 77.6 Å². The minimum Gasteiger partial charge on any atom is -0.466 e. The van der Waals surface area contributed by atoms with Crippen molar-refractivity contribution < 1.29 is 9.53 Å². The molecular formula is C15H29BrO2. The van der Waals surface area contributed by atoms with E-state index in [2.05, 4.69) is 22.9 Å². The summed E-state index contributed by atoms with van der Waals surface area (Å²) in [6.07, 6.45) is 12.6. The highest BCUT2D eigenvalue weighted by Gasteiger charge is 2.01. The van der Waals surface area contributed by atoms with Crippen LogP contribution in [-0.4, -0.2) is 17.9 Å². The van der Waals surface area contributed by atoms with Gasteiger partial charge >= 0.3 is 5.97 Å². The van der Waals surface area contributed by atoms with E-state index in [1.165, 1.54) is 38.5 Å². The number of carbonyl (C=O) groups is 1. The van der Waals surface area contributed by atoms with Gasteiger partial charge in [0.2, 0.25) is 0 Å². The number of halogens is 1. The van der Waals surface area contributed by atoms with Gasteiger partial charge in [0.25, 0.3) is 0 Å². The Morgan fingerprint density at radius 3 is 2.11 bits per heavy atom. The molecule has 0 unspecified atom stereocenters. The predicted octanol–water partition coefficient (Wildman–Crippen LogP) is 5.24. The van der Waals surface area contributed by atoms with Gasteiger partial charge in [0.1, 0.15) is 0 Å². The topological polar surface area (TPSA) is 26.3 Å². The van der Waals surface area contributed by atoms with E-state index >= 15 is 0 Å². The quantitative estimate of drug-likeness (QED) is 0.263. The fourth-order valence-corrected chi connectivity index (χ4v) is 2.25. The minimum absolute atomic E-state index is 0.0132. The van der Waals surface area contributed by atoms with Crippen molar-refractivity contribution in [1.82, 2.24) is 0 Å². The summed E-state index contributed by atoms with van der Waals surface area (Å²) in [5.74, 6) is -0.0132. The maximum absolute atomic E-state index is 11.3. The summed E-state index contributed by atoms with van der Waals surface area (Å²) < 4.78 is 5.19. The molecule has 0 radical (unpaired) electrons. The van der Waals surface area contributed by atoms with E-state index in [0.717, 1.165) is 31.0 Å². The molecule has 0 spiro atoms. The molecule has 108 valence electrons. The molecule has 0 amide bonds. The molecule has 2 nitrogen and oxygen atoms in total. The van der Waals surface area contributed by atoms with Gasteiger partial charge in [-0.3, -0.25) is 4.79 Å². The SMILES string of the molecule is CCCCCC(=O)OCCCCCCCCCBr. The van der Waals surface area contributed by atoms with Crippen LogP contribution < -0.4 is 0 Å². The van der Waals surface area contributed by atoms with Gasteiger partial charge in [0, 0.05) is 11.8 Å². The molecule has 18 heavy (non-hydrogen) atoms. The van der Waals surface area contributed by atoms with Gasteiger partial charge in [-0.25, -0.2) is 0 Å². The molecule has 0 aliphatic heterocycles. The van der Waals surface area contributed by atoms with Crippen LogP contribution in [0.2, 0.25) is 0 Å². The Bertz CT molecular complexity index is 183. The number of hydrogen-bond acceptors (Lipinski definition) is 2. The molecule has 0 N–H and O–H groups in total. The van der Waals surface area contributed by atoms with Crippen molar-refractivity contribution in [3.63, 3.8) is 0 Å². The van der Waals surface area contributed by atoms with E-state index in [1.807, 2.05) is 0 Å². The lowest BCUT2D eigenvalue weighted by Gasteiger charge is -2.04. The third-order valence-electron chi connectivity index (χ3n) is 3.03. The Kier molecular flexibility index (Phi) is 15.0. The average molecular weight is 321 g/mol. The van der Waals surface area contributed by atoms with E-state index in [0.29, 0.717) is 13.0 Å².